The number of phenols is 1. The van der Waals surface area contributed by atoms with Crippen LogP contribution in [-0.2, 0) is 11.0 Å². The number of anilines is 1. The third-order valence-electron chi connectivity index (χ3n) is 5.96. The van der Waals surface area contributed by atoms with Crippen molar-refractivity contribution in [1.29, 1.82) is 5.26 Å². The van der Waals surface area contributed by atoms with Crippen LogP contribution in [0.25, 0.3) is 0 Å². The van der Waals surface area contributed by atoms with E-state index in [0.717, 1.165) is 18.2 Å². The molecule has 2 aliphatic rings. The summed E-state index contributed by atoms with van der Waals surface area (Å²) in [5, 5.41) is 20.0. The van der Waals surface area contributed by atoms with Crippen LogP contribution in [0.1, 0.15) is 36.3 Å². The number of phenolic OH excluding ortho intramolecular Hbond substituents is 1. The summed E-state index contributed by atoms with van der Waals surface area (Å²) in [5.41, 5.74) is 6.51. The van der Waals surface area contributed by atoms with Gasteiger partial charge in [-0.25, -0.2) is 0 Å². The highest BCUT2D eigenvalue weighted by atomic mass is 35.5. The lowest BCUT2D eigenvalue weighted by Gasteiger charge is -2.40. The summed E-state index contributed by atoms with van der Waals surface area (Å²) in [4.78, 5) is 14.4. The van der Waals surface area contributed by atoms with Crippen LogP contribution in [0, 0.1) is 11.3 Å². The Balaban J connectivity index is 1.99. The van der Waals surface area contributed by atoms with Gasteiger partial charge in [-0.1, -0.05) is 17.7 Å². The number of Topliss-reactive ketones (excluding diaryl/α,β-unsaturated/α-hetero) is 1. The van der Waals surface area contributed by atoms with E-state index in [1.165, 1.54) is 24.1 Å². The molecule has 3 N–H and O–H groups in total. The van der Waals surface area contributed by atoms with E-state index in [4.69, 9.17) is 22.1 Å². The number of ether oxygens (including phenoxy) is 1. The molecule has 0 fully saturated rings. The molecule has 0 spiro atoms. The molecule has 0 saturated heterocycles. The molecule has 34 heavy (non-hydrogen) atoms. The highest BCUT2D eigenvalue weighted by Gasteiger charge is 2.41. The minimum Gasteiger partial charge on any atom is -0.504 e. The fourth-order valence-corrected chi connectivity index (χ4v) is 4.63. The molecule has 1 aliphatic heterocycles. The van der Waals surface area contributed by atoms with Gasteiger partial charge in [-0.2, -0.15) is 18.4 Å². The second kappa shape index (κ2) is 8.61. The third-order valence-corrected chi connectivity index (χ3v) is 6.28. The van der Waals surface area contributed by atoms with Crippen LogP contribution >= 0.6 is 11.6 Å². The average Bonchev–Trinajstić information content (AvgIpc) is 2.79. The summed E-state index contributed by atoms with van der Waals surface area (Å²) in [7, 11) is 1.36. The molecule has 0 aromatic heterocycles. The predicted molar refractivity (Wildman–Crippen MR) is 119 cm³/mol. The monoisotopic (exact) mass is 489 g/mol. The highest BCUT2D eigenvalue weighted by Crippen LogP contribution is 2.49. The van der Waals surface area contributed by atoms with Crippen LogP contribution in [0.5, 0.6) is 11.5 Å². The topological polar surface area (TPSA) is 99.6 Å². The van der Waals surface area contributed by atoms with Crippen LogP contribution < -0.4 is 15.4 Å². The summed E-state index contributed by atoms with van der Waals surface area (Å²) >= 11 is 6.29. The lowest BCUT2D eigenvalue weighted by atomic mass is 9.75. The van der Waals surface area contributed by atoms with Gasteiger partial charge in [0.2, 0.25) is 0 Å². The van der Waals surface area contributed by atoms with Gasteiger partial charge in [-0.05, 0) is 48.7 Å². The number of carbonyl (C=O) groups excluding carboxylic acids is 1. The Morgan fingerprint density at radius 3 is 2.62 bits per heavy atom. The quantitative estimate of drug-likeness (QED) is 0.600. The Kier molecular flexibility index (Phi) is 5.96. The molecular weight excluding hydrogens is 471 g/mol. The molecule has 1 atom stereocenters. The second-order valence-electron chi connectivity index (χ2n) is 7.91. The lowest BCUT2D eigenvalue weighted by Crippen LogP contribution is -2.39. The van der Waals surface area contributed by atoms with Crippen LogP contribution in [0.2, 0.25) is 5.02 Å². The van der Waals surface area contributed by atoms with Gasteiger partial charge >= 0.3 is 6.18 Å². The van der Waals surface area contributed by atoms with Crippen LogP contribution in [0.15, 0.2) is 59.1 Å². The summed E-state index contributed by atoms with van der Waals surface area (Å²) < 4.78 is 45.5. The summed E-state index contributed by atoms with van der Waals surface area (Å²) in [6.45, 7) is 0. The SMILES string of the molecule is COc1cc(C2C(C#N)=C(N)N(c3cc(C(F)(F)F)ccc3Cl)C3=C2C(=O)CCC3)ccc1O. The minimum atomic E-state index is -4.63. The number of rotatable bonds is 3. The number of benzene rings is 2. The standard InChI is InChI=1S/C24H19ClF3N3O3/c1-34-20-9-12(5-8-18(20)32)21-14(11-29)23(30)31(16-3-2-4-19(33)22(16)21)17-10-13(24(26,27)28)6-7-15(17)25/h5-10,21,32H,2-4,30H2,1H3. The Hall–Kier alpha value is -3.64. The first-order valence-corrected chi connectivity index (χ1v) is 10.7. The zero-order chi connectivity index (χ0) is 24.8. The molecule has 1 unspecified atom stereocenters. The van der Waals surface area contributed by atoms with Crippen LogP contribution in [0.3, 0.4) is 0 Å². The van der Waals surface area contributed by atoms with Crippen LogP contribution in [-0.4, -0.2) is 18.0 Å². The largest absolute Gasteiger partial charge is 0.504 e. The van der Waals surface area contributed by atoms with Crippen molar-refractivity contribution in [1.82, 2.24) is 0 Å². The number of carbonyl (C=O) groups is 1. The molecule has 2 aromatic carbocycles. The van der Waals surface area contributed by atoms with Crippen molar-refractivity contribution in [2.45, 2.75) is 31.4 Å². The lowest BCUT2D eigenvalue weighted by molar-refractivity contribution is -0.137. The molecule has 0 saturated carbocycles. The molecule has 176 valence electrons. The van der Waals surface area contributed by atoms with E-state index < -0.39 is 17.7 Å². The number of halogens is 4. The highest BCUT2D eigenvalue weighted by molar-refractivity contribution is 6.33. The molecule has 1 heterocycles. The fraction of sp³-hybridized carbons (Fsp3) is 0.250. The van der Waals surface area contributed by atoms with Crippen molar-refractivity contribution >= 4 is 23.1 Å². The van der Waals surface area contributed by atoms with E-state index in [1.807, 2.05) is 6.07 Å². The molecule has 2 aromatic rings. The molecule has 4 rings (SSSR count). The van der Waals surface area contributed by atoms with Crippen molar-refractivity contribution in [3.63, 3.8) is 0 Å². The van der Waals surface area contributed by atoms with Gasteiger partial charge < -0.3 is 15.6 Å². The van der Waals surface area contributed by atoms with E-state index in [2.05, 4.69) is 0 Å². The third kappa shape index (κ3) is 3.84. The van der Waals surface area contributed by atoms with Gasteiger partial charge in [0.25, 0.3) is 0 Å². The van der Waals surface area contributed by atoms with Crippen molar-refractivity contribution < 1.29 is 27.8 Å². The van der Waals surface area contributed by atoms with E-state index in [1.54, 1.807) is 6.07 Å². The van der Waals surface area contributed by atoms with Crippen molar-refractivity contribution in [3.05, 3.63) is 75.2 Å². The predicted octanol–water partition coefficient (Wildman–Crippen LogP) is 5.38. The Labute approximate surface area is 198 Å². The maximum absolute atomic E-state index is 13.4. The van der Waals surface area contributed by atoms with Gasteiger partial charge in [0.15, 0.2) is 17.3 Å². The Morgan fingerprint density at radius 2 is 1.97 bits per heavy atom. The fourth-order valence-electron chi connectivity index (χ4n) is 4.43. The number of nitrogens with zero attached hydrogens (tertiary/aromatic N) is 2. The summed E-state index contributed by atoms with van der Waals surface area (Å²) in [6, 6.07) is 9.29. The number of hydrogen-bond acceptors (Lipinski definition) is 6. The van der Waals surface area contributed by atoms with Gasteiger partial charge in [0.05, 0.1) is 40.9 Å². The first-order valence-electron chi connectivity index (χ1n) is 10.3. The molecular formula is C24H19ClF3N3O3. The van der Waals surface area contributed by atoms with E-state index in [-0.39, 0.29) is 51.4 Å². The number of nitriles is 1. The van der Waals surface area contributed by atoms with Gasteiger partial charge in [0.1, 0.15) is 5.82 Å². The molecule has 0 amide bonds. The van der Waals surface area contributed by atoms with E-state index in [0.29, 0.717) is 24.1 Å². The van der Waals surface area contributed by atoms with Gasteiger partial charge in [-0.3, -0.25) is 9.69 Å². The van der Waals surface area contributed by atoms with Gasteiger partial charge in [0, 0.05) is 17.7 Å². The zero-order valence-corrected chi connectivity index (χ0v) is 18.7. The molecule has 10 heteroatoms. The Morgan fingerprint density at radius 1 is 1.24 bits per heavy atom. The first-order chi connectivity index (χ1) is 16.1. The average molecular weight is 490 g/mol. The minimum absolute atomic E-state index is 0.0112. The number of alkyl halides is 3. The van der Waals surface area contributed by atoms with Gasteiger partial charge in [-0.15, -0.1) is 0 Å². The number of ketones is 1. The number of hydrogen-bond donors (Lipinski definition) is 2. The zero-order valence-electron chi connectivity index (χ0n) is 17.9. The number of allylic oxidation sites excluding steroid dienone is 3. The second-order valence-corrected chi connectivity index (χ2v) is 8.32. The molecule has 0 bridgehead atoms. The Bertz CT molecular complexity index is 1290. The molecule has 0 radical (unpaired) electrons. The molecule has 6 nitrogen and oxygen atoms in total. The summed E-state index contributed by atoms with van der Waals surface area (Å²) in [5.74, 6) is -1.22. The van der Waals surface area contributed by atoms with E-state index >= 15 is 0 Å². The summed E-state index contributed by atoms with van der Waals surface area (Å²) in [6.07, 6.45) is -3.60. The van der Waals surface area contributed by atoms with Crippen molar-refractivity contribution in [3.8, 4) is 17.6 Å². The first kappa shape index (κ1) is 23.5. The number of methoxy groups -OCH3 is 1. The van der Waals surface area contributed by atoms with Crippen molar-refractivity contribution in [2.24, 2.45) is 5.73 Å². The number of nitrogens with two attached hydrogens (primary N) is 1. The number of aromatic hydroxyl groups is 1. The van der Waals surface area contributed by atoms with E-state index in [9.17, 15) is 28.3 Å². The molecule has 1 aliphatic carbocycles. The van der Waals surface area contributed by atoms with Crippen LogP contribution in [0.4, 0.5) is 18.9 Å². The maximum atomic E-state index is 13.4. The van der Waals surface area contributed by atoms with Crippen molar-refractivity contribution in [2.75, 3.05) is 12.0 Å². The normalized spacial score (nSPS) is 18.6. The maximum Gasteiger partial charge on any atom is 0.416 e. The smallest absolute Gasteiger partial charge is 0.416 e.